The van der Waals surface area contributed by atoms with Gasteiger partial charge in [0, 0.05) is 41.5 Å². The van der Waals surface area contributed by atoms with E-state index in [1.807, 2.05) is 0 Å². The molecule has 1 aromatic heterocycles. The largest absolute Gasteiger partial charge is 0.504 e. The van der Waals surface area contributed by atoms with Crippen molar-refractivity contribution in [3.63, 3.8) is 0 Å². The van der Waals surface area contributed by atoms with Gasteiger partial charge in [0.2, 0.25) is 6.10 Å². The fraction of sp³-hybridized carbons (Fsp3) is 0.406. The summed E-state index contributed by atoms with van der Waals surface area (Å²) in [6.45, 7) is 2.34. The number of phenolic OH excluding ortho intramolecular Hbond substituents is 2. The number of ketones is 1. The fourth-order valence-electron chi connectivity index (χ4n) is 7.32. The van der Waals surface area contributed by atoms with E-state index in [2.05, 4.69) is 20.8 Å². The van der Waals surface area contributed by atoms with Crippen LogP contribution in [-0.4, -0.2) is 143 Å². The number of carboxylic acid groups (broad SMARTS) is 3. The molecule has 2 aromatic rings. The number of aromatic hydroxyl groups is 2. The first-order valence-corrected chi connectivity index (χ1v) is 18.7. The number of benzene rings is 1. The number of rotatable bonds is 15. The number of anilines is 1. The molecule has 3 atom stereocenters. The summed E-state index contributed by atoms with van der Waals surface area (Å²) in [5, 5.41) is 56.9. The molecule has 3 amide bonds. The van der Waals surface area contributed by atoms with E-state index in [-0.39, 0.29) is 39.8 Å². The number of hydrogen-bond donors (Lipinski definition) is 8. The number of hydrogen-bond acceptors (Lipinski definition) is 15. The molecule has 0 spiro atoms. The Hall–Kier alpha value is -5.45. The smallest absolute Gasteiger partial charge is 0.352 e. The van der Waals surface area contributed by atoms with Crippen molar-refractivity contribution in [2.75, 3.05) is 44.2 Å². The average Bonchev–Trinajstić information content (AvgIpc) is 3.84. The van der Waals surface area contributed by atoms with Gasteiger partial charge in [-0.15, -0.1) is 23.1 Å². The summed E-state index contributed by atoms with van der Waals surface area (Å²) in [4.78, 5) is 97.6. The second-order valence-electron chi connectivity index (χ2n) is 13.6. The van der Waals surface area contributed by atoms with Crippen molar-refractivity contribution in [1.29, 1.82) is 0 Å². The van der Waals surface area contributed by atoms with Crippen LogP contribution in [0, 0.1) is 5.41 Å². The summed E-state index contributed by atoms with van der Waals surface area (Å²) in [5.74, 6) is -9.22. The highest BCUT2D eigenvalue weighted by Crippen LogP contribution is 2.48. The lowest BCUT2D eigenvalue weighted by Crippen LogP contribution is -2.71. The molecule has 0 saturated carbocycles. The number of nitrogen functional groups attached to an aromatic ring is 1. The summed E-state index contributed by atoms with van der Waals surface area (Å²) in [6, 6.07) is 0.968. The van der Waals surface area contributed by atoms with Gasteiger partial charge in [-0.1, -0.05) is 16.8 Å². The van der Waals surface area contributed by atoms with Crippen LogP contribution >= 0.6 is 34.7 Å². The Labute approximate surface area is 323 Å². The molecule has 0 unspecified atom stereocenters. The van der Waals surface area contributed by atoms with E-state index in [1.165, 1.54) is 17.1 Å². The Balaban J connectivity index is 1.12. The van der Waals surface area contributed by atoms with Gasteiger partial charge in [-0.2, -0.15) is 0 Å². The Bertz CT molecular complexity index is 2080. The van der Waals surface area contributed by atoms with Crippen molar-refractivity contribution < 1.29 is 68.4 Å². The van der Waals surface area contributed by atoms with Gasteiger partial charge in [0.05, 0.1) is 36.6 Å². The number of β-lactam (4-membered cyclic amide) rings is 1. The van der Waals surface area contributed by atoms with Crippen LogP contribution in [0.25, 0.3) is 0 Å². The number of nitrogens with two attached hydrogens (primary N) is 1. The van der Waals surface area contributed by atoms with Crippen molar-refractivity contribution in [3.8, 4) is 11.5 Å². The minimum Gasteiger partial charge on any atom is -0.504 e. The Morgan fingerprint density at radius 1 is 1.13 bits per heavy atom. The molecule has 3 fully saturated rings. The topological polar surface area (TPSA) is 308 Å². The molecule has 0 radical (unpaired) electrons. The molecule has 4 aliphatic heterocycles. The van der Waals surface area contributed by atoms with Gasteiger partial charge in [-0.25, -0.2) is 14.6 Å². The van der Waals surface area contributed by atoms with Crippen LogP contribution in [0.1, 0.15) is 35.3 Å². The molecular weight excluding hydrogens is 790 g/mol. The van der Waals surface area contributed by atoms with Gasteiger partial charge in [0.15, 0.2) is 22.3 Å². The number of oxime groups is 1. The lowest BCUT2D eigenvalue weighted by Gasteiger charge is -2.50. The van der Waals surface area contributed by atoms with Gasteiger partial charge in [-0.3, -0.25) is 28.9 Å². The van der Waals surface area contributed by atoms with Crippen molar-refractivity contribution >= 4 is 87.0 Å². The predicted octanol–water partition coefficient (Wildman–Crippen LogP) is -0.213. The number of thioether (sulfide) groups is 1. The van der Waals surface area contributed by atoms with Gasteiger partial charge in [0.25, 0.3) is 23.5 Å². The van der Waals surface area contributed by atoms with Crippen molar-refractivity contribution in [2.24, 2.45) is 10.6 Å². The lowest BCUT2D eigenvalue weighted by molar-refractivity contribution is -0.904. The summed E-state index contributed by atoms with van der Waals surface area (Å²) in [7, 11) is 0. The zero-order chi connectivity index (χ0) is 40.0. The maximum atomic E-state index is 13.5. The quantitative estimate of drug-likeness (QED) is 0.0219. The van der Waals surface area contributed by atoms with Crippen LogP contribution in [0.5, 0.6) is 11.5 Å². The third kappa shape index (κ3) is 7.61. The third-order valence-electron chi connectivity index (χ3n) is 10.0. The summed E-state index contributed by atoms with van der Waals surface area (Å²) < 4.78 is 0.497. The molecule has 3 saturated heterocycles. The minimum absolute atomic E-state index is 0.0191. The highest BCUT2D eigenvalue weighted by molar-refractivity contribution is 8.00. The van der Waals surface area contributed by atoms with E-state index in [9.17, 15) is 54.0 Å². The number of piperidine rings is 1. The Morgan fingerprint density at radius 2 is 1.84 bits per heavy atom. The molecule has 23 heteroatoms. The number of aromatic nitrogens is 1. The lowest BCUT2D eigenvalue weighted by atomic mass is 9.84. The fourth-order valence-corrected chi connectivity index (χ4v) is 9.45. The van der Waals surface area contributed by atoms with Gasteiger partial charge >= 0.3 is 17.9 Å². The molecular formula is C32H33ClN7O13S2+. The number of quaternary nitrogens is 1. The first-order valence-electron chi connectivity index (χ1n) is 16.4. The number of fused-ring (bicyclic) bond motifs is 3. The number of carboxylic acids is 3. The van der Waals surface area contributed by atoms with Crippen LogP contribution < -0.4 is 16.4 Å². The highest BCUT2D eigenvalue weighted by Gasteiger charge is 2.58. The highest BCUT2D eigenvalue weighted by atomic mass is 35.5. The Morgan fingerprint density at radius 3 is 2.45 bits per heavy atom. The molecule has 55 heavy (non-hydrogen) atoms. The monoisotopic (exact) mass is 822 g/mol. The molecule has 4 aliphatic rings. The van der Waals surface area contributed by atoms with E-state index in [0.717, 1.165) is 28.4 Å². The van der Waals surface area contributed by atoms with Crippen molar-refractivity contribution in [2.45, 2.75) is 36.8 Å². The van der Waals surface area contributed by atoms with Crippen LogP contribution in [0.2, 0.25) is 5.02 Å². The first kappa shape index (κ1) is 39.2. The molecule has 5 heterocycles. The van der Waals surface area contributed by atoms with Gasteiger partial charge in [-0.05, 0) is 12.1 Å². The van der Waals surface area contributed by atoms with E-state index < -0.39 is 87.6 Å². The first-order chi connectivity index (χ1) is 25.9. The van der Waals surface area contributed by atoms with Gasteiger partial charge in [0.1, 0.15) is 29.4 Å². The minimum atomic E-state index is -1.95. The maximum absolute atomic E-state index is 13.5. The molecule has 292 valence electrons. The summed E-state index contributed by atoms with van der Waals surface area (Å²) >= 11 is 8.12. The zero-order valence-electron chi connectivity index (χ0n) is 28.4. The third-order valence-corrected chi connectivity index (χ3v) is 12.4. The molecule has 0 aliphatic carbocycles. The van der Waals surface area contributed by atoms with E-state index in [0.29, 0.717) is 49.1 Å². The molecule has 20 nitrogen and oxygen atoms in total. The van der Waals surface area contributed by atoms with E-state index >= 15 is 0 Å². The molecule has 9 N–H and O–H groups in total. The van der Waals surface area contributed by atoms with Crippen molar-refractivity contribution in [1.82, 2.24) is 20.5 Å². The molecule has 2 bridgehead atoms. The van der Waals surface area contributed by atoms with Gasteiger partial charge < -0.3 is 51.2 Å². The summed E-state index contributed by atoms with van der Waals surface area (Å²) in [6.07, 6.45) is -1.58. The van der Waals surface area contributed by atoms with Crippen LogP contribution in [-0.2, 0) is 33.6 Å². The van der Waals surface area contributed by atoms with E-state index in [4.69, 9.17) is 27.3 Å². The number of nitrogens with one attached hydrogen (secondary N) is 2. The second kappa shape index (κ2) is 15.0. The normalized spacial score (nSPS) is 24.8. The van der Waals surface area contributed by atoms with Crippen molar-refractivity contribution in [3.05, 3.63) is 45.1 Å². The number of carbonyl (C=O) groups is 7. The number of phenols is 2. The summed E-state index contributed by atoms with van der Waals surface area (Å²) in [5.41, 5.74) is 4.62. The number of Topliss-reactive ketones (excluding diaryl/α,β-unsaturated/α-hetero) is 1. The zero-order valence-corrected chi connectivity index (χ0v) is 30.8. The number of halogens is 1. The van der Waals surface area contributed by atoms with Crippen LogP contribution in [0.4, 0.5) is 5.13 Å². The number of amides is 3. The average molecular weight is 823 g/mol. The number of aliphatic carboxylic acids is 3. The number of thiazole rings is 1. The number of carbonyl (C=O) groups excluding carboxylic acids is 4. The molecule has 1 aromatic carbocycles. The second-order valence-corrected chi connectivity index (χ2v) is 15.9. The SMILES string of the molecule is Nc1nc(/C(=N/O[C@@H](CC(=O)O)C(=O)O)C(=O)N[C@@H]2C(=O)N3C(C(=O)O)=C(C[N+]45CCC(CNC(=O)C(=O)c6ccc(O)c(O)c6Cl)(CC4)C5)CS[C@H]23)cs1. The van der Waals surface area contributed by atoms with Crippen LogP contribution in [0.15, 0.2) is 33.9 Å². The predicted molar refractivity (Wildman–Crippen MR) is 191 cm³/mol. The number of nitrogens with zero attached hydrogens (tertiary/aromatic N) is 4. The Kier molecular flexibility index (Phi) is 10.7. The van der Waals surface area contributed by atoms with Crippen LogP contribution in [0.3, 0.4) is 0 Å². The molecule has 6 rings (SSSR count). The maximum Gasteiger partial charge on any atom is 0.352 e. The standard InChI is InChI=1S/C32H32ClN7O13S2/c33-19-14(1-2-16(41)24(19)45)23(44)26(47)35-11-32-3-5-40(12-32,6-4-32)8-13-9-54-28-21(27(48)39(28)22(13)30(51)52)37-25(46)20(15-10-55-31(34)36-15)38-53-17(29(49)50)7-18(42)43/h1-2,10,17,21,28H,3-9,11-12H2,(H8-,34,35,36,37,38,41,42,43,44,45,46,47,49,50,51,52)/p+1/t17-,21+,28+,32?,40?/m0/s1. The van der Waals surface area contributed by atoms with E-state index in [1.54, 1.807) is 0 Å².